The van der Waals surface area contributed by atoms with Crippen LogP contribution in [0.3, 0.4) is 0 Å². The number of ether oxygens (including phenoxy) is 1. The molecule has 182 valence electrons. The third kappa shape index (κ3) is 9.23. The number of rotatable bonds is 11. The molecule has 1 unspecified atom stereocenters. The van der Waals surface area contributed by atoms with E-state index in [4.69, 9.17) is 9.73 Å². The second kappa shape index (κ2) is 16.3. The average molecular weight is 560 g/mol. The highest BCUT2D eigenvalue weighted by Gasteiger charge is 2.26. The first kappa shape index (κ1) is 28.6. The van der Waals surface area contributed by atoms with E-state index in [9.17, 15) is 4.79 Å². The van der Waals surface area contributed by atoms with Crippen LogP contribution < -0.4 is 16.0 Å². The molecule has 0 radical (unpaired) electrons. The van der Waals surface area contributed by atoms with Gasteiger partial charge in [-0.1, -0.05) is 38.8 Å². The number of guanidine groups is 1. The molecule has 8 heteroatoms. The van der Waals surface area contributed by atoms with E-state index in [0.717, 1.165) is 63.9 Å². The van der Waals surface area contributed by atoms with Crippen LogP contribution in [0.5, 0.6) is 0 Å². The minimum absolute atomic E-state index is 0. The Labute approximate surface area is 211 Å². The van der Waals surface area contributed by atoms with Crippen molar-refractivity contribution in [3.8, 4) is 0 Å². The van der Waals surface area contributed by atoms with Crippen molar-refractivity contribution in [2.45, 2.75) is 46.1 Å². The maximum absolute atomic E-state index is 11.8. The molecule has 0 aliphatic carbocycles. The number of carbonyl (C=O) groups excluding carboxylic acids is 1. The number of aliphatic imine (C=N–C) groups is 1. The maximum atomic E-state index is 11.8. The van der Waals surface area contributed by atoms with Crippen LogP contribution in [0.15, 0.2) is 29.3 Å². The molecular weight excluding hydrogens is 517 g/mol. The summed E-state index contributed by atoms with van der Waals surface area (Å²) >= 11 is 0. The number of benzene rings is 1. The van der Waals surface area contributed by atoms with Crippen LogP contribution in [0.4, 0.5) is 0 Å². The Morgan fingerprint density at radius 1 is 1.16 bits per heavy atom. The van der Waals surface area contributed by atoms with Crippen LogP contribution in [0.2, 0.25) is 0 Å². The van der Waals surface area contributed by atoms with Crippen molar-refractivity contribution in [2.24, 2.45) is 10.9 Å². The van der Waals surface area contributed by atoms with Gasteiger partial charge in [0, 0.05) is 44.8 Å². The number of nitrogens with zero attached hydrogens (tertiary/aromatic N) is 2. The molecule has 0 aromatic heterocycles. The van der Waals surface area contributed by atoms with Crippen molar-refractivity contribution in [1.29, 1.82) is 0 Å². The third-order valence-corrected chi connectivity index (χ3v) is 6.01. The van der Waals surface area contributed by atoms with Crippen LogP contribution in [0.25, 0.3) is 0 Å². The molecule has 3 N–H and O–H groups in total. The molecule has 1 aromatic carbocycles. The van der Waals surface area contributed by atoms with Crippen LogP contribution in [0.1, 0.15) is 49.5 Å². The Kier molecular flexibility index (Phi) is 14.6. The summed E-state index contributed by atoms with van der Waals surface area (Å²) in [5.74, 6) is 1.44. The Balaban J connectivity index is 0.00000512. The van der Waals surface area contributed by atoms with Gasteiger partial charge < -0.3 is 20.7 Å². The number of hydrogen-bond donors (Lipinski definition) is 3. The highest BCUT2D eigenvalue weighted by atomic mass is 127. The van der Waals surface area contributed by atoms with E-state index in [1.807, 2.05) is 18.2 Å². The Morgan fingerprint density at radius 2 is 1.88 bits per heavy atom. The van der Waals surface area contributed by atoms with Gasteiger partial charge in [0.2, 0.25) is 0 Å². The summed E-state index contributed by atoms with van der Waals surface area (Å²) in [5.41, 5.74) is 1.83. The average Bonchev–Trinajstić information content (AvgIpc) is 2.81. The largest absolute Gasteiger partial charge is 0.379 e. The van der Waals surface area contributed by atoms with Gasteiger partial charge in [0.1, 0.15) is 0 Å². The lowest BCUT2D eigenvalue weighted by Crippen LogP contribution is -2.49. The molecule has 1 amide bonds. The zero-order valence-electron chi connectivity index (χ0n) is 20.2. The topological polar surface area (TPSA) is 78.0 Å². The number of morpholine rings is 1. The molecule has 1 aliphatic rings. The van der Waals surface area contributed by atoms with Gasteiger partial charge in [-0.25, -0.2) is 0 Å². The number of nitrogens with one attached hydrogen (secondary N) is 3. The fourth-order valence-corrected chi connectivity index (χ4v) is 4.17. The molecule has 7 nitrogen and oxygen atoms in total. The van der Waals surface area contributed by atoms with Crippen LogP contribution >= 0.6 is 24.0 Å². The summed E-state index contributed by atoms with van der Waals surface area (Å²) in [7, 11) is 1.65. The van der Waals surface area contributed by atoms with Crippen molar-refractivity contribution < 1.29 is 9.53 Å². The van der Waals surface area contributed by atoms with Crippen molar-refractivity contribution in [1.82, 2.24) is 20.9 Å². The first-order valence-electron chi connectivity index (χ1n) is 11.8. The summed E-state index contributed by atoms with van der Waals surface area (Å²) in [6, 6.07) is 8.22. The minimum atomic E-state index is -0.0553. The van der Waals surface area contributed by atoms with Crippen LogP contribution in [-0.2, 0) is 11.2 Å². The van der Waals surface area contributed by atoms with E-state index in [-0.39, 0.29) is 29.9 Å². The van der Waals surface area contributed by atoms with Gasteiger partial charge in [-0.05, 0) is 37.0 Å². The van der Waals surface area contributed by atoms with E-state index in [1.165, 1.54) is 12.8 Å². The lowest BCUT2D eigenvalue weighted by atomic mass is 9.92. The fraction of sp³-hybridized carbons (Fsp3) is 0.667. The van der Waals surface area contributed by atoms with Crippen LogP contribution in [0, 0.1) is 5.92 Å². The number of hydrogen-bond acceptors (Lipinski definition) is 4. The predicted octanol–water partition coefficient (Wildman–Crippen LogP) is 2.90. The number of carbonyl (C=O) groups is 1. The summed E-state index contributed by atoms with van der Waals surface area (Å²) < 4.78 is 5.56. The zero-order chi connectivity index (χ0) is 22.5. The van der Waals surface area contributed by atoms with Crippen molar-refractivity contribution >= 4 is 35.8 Å². The normalized spacial score (nSPS) is 15.7. The first-order valence-corrected chi connectivity index (χ1v) is 11.8. The quantitative estimate of drug-likeness (QED) is 0.221. The Morgan fingerprint density at radius 3 is 2.50 bits per heavy atom. The number of halogens is 1. The summed E-state index contributed by atoms with van der Waals surface area (Å²) in [4.78, 5) is 19.3. The van der Waals surface area contributed by atoms with Crippen molar-refractivity contribution in [2.75, 3.05) is 53.0 Å². The van der Waals surface area contributed by atoms with Crippen molar-refractivity contribution in [3.05, 3.63) is 35.4 Å². The molecule has 0 bridgehead atoms. The molecule has 1 heterocycles. The monoisotopic (exact) mass is 559 g/mol. The second-order valence-electron chi connectivity index (χ2n) is 7.97. The zero-order valence-corrected chi connectivity index (χ0v) is 22.5. The highest BCUT2D eigenvalue weighted by Crippen LogP contribution is 2.20. The molecule has 1 saturated heterocycles. The van der Waals surface area contributed by atoms with Crippen LogP contribution in [-0.4, -0.2) is 75.8 Å². The smallest absolute Gasteiger partial charge is 0.251 e. The van der Waals surface area contributed by atoms with E-state index in [0.29, 0.717) is 17.5 Å². The maximum Gasteiger partial charge on any atom is 0.251 e. The molecule has 1 atom stereocenters. The summed E-state index contributed by atoms with van der Waals surface area (Å²) in [5, 5.41) is 9.51. The SMILES string of the molecule is CCNC(=NCC(C(CC)CC)N1CCOCC1)NCCc1cccc(C(=O)NC)c1.I. The van der Waals surface area contributed by atoms with Gasteiger partial charge in [-0.2, -0.15) is 0 Å². The Hall–Kier alpha value is -1.39. The number of amides is 1. The van der Waals surface area contributed by atoms with E-state index in [2.05, 4.69) is 47.7 Å². The Bertz CT molecular complexity index is 691. The second-order valence-corrected chi connectivity index (χ2v) is 7.97. The predicted molar refractivity (Wildman–Crippen MR) is 143 cm³/mol. The molecule has 2 rings (SSSR count). The minimum Gasteiger partial charge on any atom is -0.379 e. The van der Waals surface area contributed by atoms with E-state index in [1.54, 1.807) is 7.05 Å². The molecule has 1 aliphatic heterocycles. The standard InChI is InChI=1S/C24H41N5O2.HI/c1-5-20(6-2)22(29-13-15-31-16-14-29)18-28-24(26-7-3)27-12-11-19-9-8-10-21(17-19)23(30)25-4;/h8-10,17,20,22H,5-7,11-16,18H2,1-4H3,(H,25,30)(H2,26,27,28);1H. The van der Waals surface area contributed by atoms with Gasteiger partial charge in [0.05, 0.1) is 19.8 Å². The summed E-state index contributed by atoms with van der Waals surface area (Å²) in [6.07, 6.45) is 3.16. The summed E-state index contributed by atoms with van der Waals surface area (Å²) in [6.45, 7) is 12.6. The van der Waals surface area contributed by atoms with Gasteiger partial charge in [0.25, 0.3) is 5.91 Å². The lowest BCUT2D eigenvalue weighted by Gasteiger charge is -2.38. The highest BCUT2D eigenvalue weighted by molar-refractivity contribution is 14.0. The fourth-order valence-electron chi connectivity index (χ4n) is 4.17. The molecule has 0 spiro atoms. The van der Waals surface area contributed by atoms with Crippen molar-refractivity contribution in [3.63, 3.8) is 0 Å². The van der Waals surface area contributed by atoms with Gasteiger partial charge in [-0.15, -0.1) is 24.0 Å². The van der Waals surface area contributed by atoms with E-state index < -0.39 is 0 Å². The first-order chi connectivity index (χ1) is 15.1. The van der Waals surface area contributed by atoms with Gasteiger partial charge >= 0.3 is 0 Å². The van der Waals surface area contributed by atoms with Gasteiger partial charge in [0.15, 0.2) is 5.96 Å². The van der Waals surface area contributed by atoms with E-state index >= 15 is 0 Å². The molecule has 1 fully saturated rings. The third-order valence-electron chi connectivity index (χ3n) is 6.01. The van der Waals surface area contributed by atoms with Gasteiger partial charge in [-0.3, -0.25) is 14.7 Å². The molecule has 1 aromatic rings. The lowest BCUT2D eigenvalue weighted by molar-refractivity contribution is 0.00395. The molecule has 0 saturated carbocycles. The molecule has 32 heavy (non-hydrogen) atoms. The molecular formula is C24H42IN5O2.